The highest BCUT2D eigenvalue weighted by atomic mass is 16.1. The second-order valence-electron chi connectivity index (χ2n) is 3.29. The molecule has 0 saturated carbocycles. The van der Waals surface area contributed by atoms with Crippen molar-refractivity contribution in [3.05, 3.63) is 40.8 Å². The van der Waals surface area contributed by atoms with Crippen molar-refractivity contribution in [1.29, 1.82) is 0 Å². The van der Waals surface area contributed by atoms with Gasteiger partial charge in [0.05, 0.1) is 12.2 Å². The molecule has 0 aliphatic heterocycles. The number of nitrogens with two attached hydrogens (primary N) is 1. The van der Waals surface area contributed by atoms with Gasteiger partial charge >= 0.3 is 0 Å². The molecule has 0 radical (unpaired) electrons. The van der Waals surface area contributed by atoms with Gasteiger partial charge in [0.15, 0.2) is 5.82 Å². The number of nitrogen functional groups attached to an aromatic ring is 1. The number of anilines is 1. The van der Waals surface area contributed by atoms with Gasteiger partial charge in [0.25, 0.3) is 0 Å². The van der Waals surface area contributed by atoms with E-state index in [0.29, 0.717) is 6.54 Å². The van der Waals surface area contributed by atoms with E-state index in [4.69, 9.17) is 5.73 Å². The molecule has 0 saturated heterocycles. The molecule has 6 nitrogen and oxygen atoms in total. The Labute approximate surface area is 86.0 Å². The van der Waals surface area contributed by atoms with Crippen molar-refractivity contribution in [1.82, 2.24) is 19.3 Å². The SMILES string of the molecule is Cn1cnnc1Cn1ccc(=O)c(N)c1. The van der Waals surface area contributed by atoms with Gasteiger partial charge in [-0.3, -0.25) is 4.79 Å². The molecule has 0 aliphatic rings. The minimum absolute atomic E-state index is 0.163. The van der Waals surface area contributed by atoms with Gasteiger partial charge in [-0.15, -0.1) is 10.2 Å². The zero-order chi connectivity index (χ0) is 10.8. The molecule has 2 heterocycles. The Kier molecular flexibility index (Phi) is 2.24. The molecule has 6 heteroatoms. The van der Waals surface area contributed by atoms with Crippen molar-refractivity contribution < 1.29 is 0 Å². The van der Waals surface area contributed by atoms with E-state index in [1.807, 2.05) is 11.6 Å². The van der Waals surface area contributed by atoms with Crippen LogP contribution in [-0.2, 0) is 13.6 Å². The number of hydrogen-bond acceptors (Lipinski definition) is 4. The van der Waals surface area contributed by atoms with Gasteiger partial charge in [0, 0.05) is 25.5 Å². The van der Waals surface area contributed by atoms with E-state index in [1.54, 1.807) is 23.3 Å². The third-order valence-electron chi connectivity index (χ3n) is 2.14. The predicted octanol–water partition coefficient (Wildman–Crippen LogP) is -0.393. The summed E-state index contributed by atoms with van der Waals surface area (Å²) < 4.78 is 3.61. The molecular weight excluding hydrogens is 194 g/mol. The molecule has 0 atom stereocenters. The summed E-state index contributed by atoms with van der Waals surface area (Å²) in [4.78, 5) is 11.1. The van der Waals surface area contributed by atoms with Crippen LogP contribution in [0.25, 0.3) is 0 Å². The summed E-state index contributed by atoms with van der Waals surface area (Å²) in [7, 11) is 1.86. The summed E-state index contributed by atoms with van der Waals surface area (Å²) in [5, 5.41) is 7.70. The van der Waals surface area contributed by atoms with Crippen molar-refractivity contribution >= 4 is 5.69 Å². The molecule has 2 N–H and O–H groups in total. The van der Waals surface area contributed by atoms with Crippen LogP contribution in [0.5, 0.6) is 0 Å². The van der Waals surface area contributed by atoms with Crippen LogP contribution in [-0.4, -0.2) is 19.3 Å². The van der Waals surface area contributed by atoms with Crippen LogP contribution in [0, 0.1) is 0 Å². The highest BCUT2D eigenvalue weighted by Gasteiger charge is 2.01. The molecule has 0 amide bonds. The molecule has 2 aromatic rings. The standard InChI is InChI=1S/C9H11N5O/c1-13-6-11-12-9(13)5-14-3-2-8(15)7(10)4-14/h2-4,6H,5,10H2,1H3. The summed E-state index contributed by atoms with van der Waals surface area (Å²) in [6.07, 6.45) is 4.89. The molecule has 0 aromatic carbocycles. The van der Waals surface area contributed by atoms with Crippen molar-refractivity contribution in [2.24, 2.45) is 7.05 Å². The monoisotopic (exact) mass is 205 g/mol. The van der Waals surface area contributed by atoms with Crippen LogP contribution in [0.15, 0.2) is 29.6 Å². The lowest BCUT2D eigenvalue weighted by molar-refractivity contribution is 0.694. The summed E-state index contributed by atoms with van der Waals surface area (Å²) in [5.74, 6) is 0.804. The van der Waals surface area contributed by atoms with E-state index in [1.165, 1.54) is 6.07 Å². The molecular formula is C9H11N5O. The highest BCUT2D eigenvalue weighted by Crippen LogP contribution is 1.99. The van der Waals surface area contributed by atoms with Gasteiger partial charge in [-0.1, -0.05) is 0 Å². The van der Waals surface area contributed by atoms with E-state index < -0.39 is 0 Å². The maximum Gasteiger partial charge on any atom is 0.204 e. The largest absolute Gasteiger partial charge is 0.394 e. The summed E-state index contributed by atoms with van der Waals surface area (Å²) in [5.41, 5.74) is 5.58. The number of aryl methyl sites for hydroxylation is 1. The molecule has 78 valence electrons. The van der Waals surface area contributed by atoms with Gasteiger partial charge < -0.3 is 14.9 Å². The summed E-state index contributed by atoms with van der Waals surface area (Å²) in [6, 6.07) is 1.44. The minimum atomic E-state index is -0.163. The van der Waals surface area contributed by atoms with Crippen LogP contribution in [0.1, 0.15) is 5.82 Å². The summed E-state index contributed by atoms with van der Waals surface area (Å²) in [6.45, 7) is 0.543. The first-order valence-electron chi connectivity index (χ1n) is 4.45. The molecule has 15 heavy (non-hydrogen) atoms. The van der Waals surface area contributed by atoms with Crippen LogP contribution in [0.4, 0.5) is 5.69 Å². The number of aromatic nitrogens is 4. The molecule has 0 spiro atoms. The second-order valence-corrected chi connectivity index (χ2v) is 3.29. The lowest BCUT2D eigenvalue weighted by Crippen LogP contribution is -2.12. The zero-order valence-corrected chi connectivity index (χ0v) is 8.29. The van der Waals surface area contributed by atoms with Crippen LogP contribution in [0.2, 0.25) is 0 Å². The third-order valence-corrected chi connectivity index (χ3v) is 2.14. The van der Waals surface area contributed by atoms with E-state index in [9.17, 15) is 4.79 Å². The maximum atomic E-state index is 11.1. The van der Waals surface area contributed by atoms with Gasteiger partial charge in [-0.2, -0.15) is 0 Å². The highest BCUT2D eigenvalue weighted by molar-refractivity contribution is 5.33. The first kappa shape index (κ1) is 9.45. The Bertz CT molecular complexity index is 527. The van der Waals surface area contributed by atoms with Crippen molar-refractivity contribution in [2.45, 2.75) is 6.54 Å². The second kappa shape index (κ2) is 3.56. The molecule has 0 bridgehead atoms. The third kappa shape index (κ3) is 1.88. The average Bonchev–Trinajstić information content (AvgIpc) is 2.59. The molecule has 2 aromatic heterocycles. The predicted molar refractivity (Wildman–Crippen MR) is 55.2 cm³/mol. The Morgan fingerprint density at radius 3 is 2.93 bits per heavy atom. The van der Waals surface area contributed by atoms with E-state index in [-0.39, 0.29) is 11.1 Å². The first-order valence-corrected chi connectivity index (χ1v) is 4.45. The van der Waals surface area contributed by atoms with Crippen molar-refractivity contribution in [2.75, 3.05) is 5.73 Å². The molecule has 0 fully saturated rings. The Balaban J connectivity index is 2.29. The topological polar surface area (TPSA) is 78.7 Å². The Hall–Kier alpha value is -2.11. The fourth-order valence-corrected chi connectivity index (χ4v) is 1.26. The number of hydrogen-bond donors (Lipinski definition) is 1. The maximum absolute atomic E-state index is 11.1. The fourth-order valence-electron chi connectivity index (χ4n) is 1.26. The first-order chi connectivity index (χ1) is 7.16. The lowest BCUT2D eigenvalue weighted by Gasteiger charge is -2.05. The van der Waals surface area contributed by atoms with Crippen LogP contribution in [0.3, 0.4) is 0 Å². The number of rotatable bonds is 2. The summed E-state index contributed by atoms with van der Waals surface area (Å²) >= 11 is 0. The fraction of sp³-hybridized carbons (Fsp3) is 0.222. The minimum Gasteiger partial charge on any atom is -0.394 e. The van der Waals surface area contributed by atoms with Gasteiger partial charge in [0.2, 0.25) is 5.43 Å². The Morgan fingerprint density at radius 2 is 2.33 bits per heavy atom. The van der Waals surface area contributed by atoms with Gasteiger partial charge in [0.1, 0.15) is 6.33 Å². The van der Waals surface area contributed by atoms with Crippen LogP contribution < -0.4 is 11.2 Å². The zero-order valence-electron chi connectivity index (χ0n) is 8.29. The van der Waals surface area contributed by atoms with E-state index >= 15 is 0 Å². The van der Waals surface area contributed by atoms with Gasteiger partial charge in [-0.05, 0) is 0 Å². The molecule has 0 aliphatic carbocycles. The van der Waals surface area contributed by atoms with Gasteiger partial charge in [-0.25, -0.2) is 0 Å². The van der Waals surface area contributed by atoms with Crippen LogP contribution >= 0.6 is 0 Å². The number of pyridine rings is 1. The lowest BCUT2D eigenvalue weighted by atomic mass is 10.4. The number of nitrogens with zero attached hydrogens (tertiary/aromatic N) is 4. The molecule has 0 unspecified atom stereocenters. The van der Waals surface area contributed by atoms with Crippen molar-refractivity contribution in [3.8, 4) is 0 Å². The van der Waals surface area contributed by atoms with E-state index in [0.717, 1.165) is 5.82 Å². The molecule has 2 rings (SSSR count). The van der Waals surface area contributed by atoms with E-state index in [2.05, 4.69) is 10.2 Å². The normalized spacial score (nSPS) is 10.5. The Morgan fingerprint density at radius 1 is 1.53 bits per heavy atom. The smallest absolute Gasteiger partial charge is 0.204 e. The van der Waals surface area contributed by atoms with Crippen molar-refractivity contribution in [3.63, 3.8) is 0 Å². The quantitative estimate of drug-likeness (QED) is 0.724. The average molecular weight is 205 g/mol.